The van der Waals surface area contributed by atoms with Crippen molar-refractivity contribution in [3.63, 3.8) is 0 Å². The molecule has 22 heavy (non-hydrogen) atoms. The average Bonchev–Trinajstić information content (AvgIpc) is 3.02. The Morgan fingerprint density at radius 3 is 2.18 bits per heavy atom. The van der Waals surface area contributed by atoms with Crippen LogP contribution in [0.1, 0.15) is 11.1 Å². The first-order valence-corrected chi connectivity index (χ1v) is 6.75. The van der Waals surface area contributed by atoms with Crippen LogP contribution in [0.3, 0.4) is 0 Å². The number of aromatic nitrogens is 3. The Bertz CT molecular complexity index is 762. The summed E-state index contributed by atoms with van der Waals surface area (Å²) in [5.41, 5.74) is 4.81. The van der Waals surface area contributed by atoms with Crippen molar-refractivity contribution < 1.29 is 0 Å². The van der Waals surface area contributed by atoms with E-state index >= 15 is 0 Å². The van der Waals surface area contributed by atoms with Gasteiger partial charge in [-0.1, -0.05) is 60.7 Å². The largest absolute Gasteiger partial charge is 0.265 e. The minimum Gasteiger partial charge on any atom is -0.244 e. The highest BCUT2D eigenvalue weighted by Crippen LogP contribution is 2.03. The van der Waals surface area contributed by atoms with Crippen molar-refractivity contribution in [3.8, 4) is 0 Å². The maximum atomic E-state index is 4.29. The molecule has 6 nitrogen and oxygen atoms in total. The fraction of sp³-hybridized carbons (Fsp3) is 0. The lowest BCUT2D eigenvalue weighted by Gasteiger charge is -1.99. The van der Waals surface area contributed by atoms with Gasteiger partial charge in [0.2, 0.25) is 0 Å². The molecule has 0 aliphatic heterocycles. The van der Waals surface area contributed by atoms with Gasteiger partial charge in [0, 0.05) is 0 Å². The van der Waals surface area contributed by atoms with Gasteiger partial charge in [0.1, 0.15) is 6.33 Å². The summed E-state index contributed by atoms with van der Waals surface area (Å²) in [6, 6.07) is 19.6. The van der Waals surface area contributed by atoms with Crippen LogP contribution in [0.5, 0.6) is 0 Å². The van der Waals surface area contributed by atoms with E-state index in [0.717, 1.165) is 11.1 Å². The number of hydrogen-bond donors (Lipinski definition) is 1. The Labute approximate surface area is 127 Å². The van der Waals surface area contributed by atoms with E-state index in [4.69, 9.17) is 0 Å². The predicted octanol–water partition coefficient (Wildman–Crippen LogP) is 2.61. The van der Waals surface area contributed by atoms with Crippen LogP contribution in [0.2, 0.25) is 0 Å². The first-order valence-electron chi connectivity index (χ1n) is 6.75. The van der Waals surface area contributed by atoms with Crippen LogP contribution in [0.15, 0.2) is 77.2 Å². The molecule has 1 heterocycles. The number of nitrogens with one attached hydrogen (secondary N) is 1. The zero-order valence-corrected chi connectivity index (χ0v) is 11.7. The van der Waals surface area contributed by atoms with Gasteiger partial charge in [-0.15, -0.1) is 10.2 Å². The molecule has 0 radical (unpaired) electrons. The number of rotatable bonds is 5. The maximum absolute atomic E-state index is 4.29. The Hall–Kier alpha value is -3.28. The summed E-state index contributed by atoms with van der Waals surface area (Å²) in [4.78, 5) is 0. The summed E-state index contributed by atoms with van der Waals surface area (Å²) in [5, 5.41) is 16.2. The minimum absolute atomic E-state index is 0.444. The van der Waals surface area contributed by atoms with E-state index in [2.05, 4.69) is 25.8 Å². The average molecular weight is 290 g/mol. The molecule has 2 aromatic carbocycles. The van der Waals surface area contributed by atoms with E-state index in [9.17, 15) is 0 Å². The highest BCUT2D eigenvalue weighted by molar-refractivity contribution is 5.80. The van der Waals surface area contributed by atoms with Crippen LogP contribution >= 0.6 is 0 Å². The van der Waals surface area contributed by atoms with Crippen LogP contribution < -0.4 is 5.43 Å². The van der Waals surface area contributed by atoms with E-state index in [1.165, 1.54) is 11.0 Å². The van der Waals surface area contributed by atoms with Gasteiger partial charge in [0.05, 0.1) is 12.4 Å². The van der Waals surface area contributed by atoms with Crippen molar-refractivity contribution in [3.05, 3.63) is 78.1 Å². The van der Waals surface area contributed by atoms with Gasteiger partial charge in [-0.25, -0.2) is 5.43 Å². The highest BCUT2D eigenvalue weighted by Gasteiger charge is 1.99. The van der Waals surface area contributed by atoms with E-state index in [1.807, 2.05) is 60.7 Å². The molecule has 3 aromatic rings. The Kier molecular flexibility index (Phi) is 4.32. The van der Waals surface area contributed by atoms with Gasteiger partial charge in [-0.2, -0.15) is 14.9 Å². The van der Waals surface area contributed by atoms with E-state index in [-0.39, 0.29) is 0 Å². The summed E-state index contributed by atoms with van der Waals surface area (Å²) in [6.45, 7) is 0. The monoisotopic (exact) mass is 290 g/mol. The molecule has 0 saturated heterocycles. The third-order valence-electron chi connectivity index (χ3n) is 2.84. The van der Waals surface area contributed by atoms with E-state index < -0.39 is 0 Å². The van der Waals surface area contributed by atoms with Crippen molar-refractivity contribution in [2.45, 2.75) is 0 Å². The van der Waals surface area contributed by atoms with Crippen LogP contribution in [-0.4, -0.2) is 27.3 Å². The number of anilines is 1. The molecule has 6 heteroatoms. The number of benzene rings is 2. The molecule has 108 valence electrons. The summed E-state index contributed by atoms with van der Waals surface area (Å²) in [5.74, 6) is 0.444. The first-order chi connectivity index (χ1) is 10.9. The second kappa shape index (κ2) is 6.94. The molecular formula is C16H14N6. The van der Waals surface area contributed by atoms with Crippen LogP contribution in [0, 0.1) is 0 Å². The zero-order chi connectivity index (χ0) is 15.0. The van der Waals surface area contributed by atoms with Crippen molar-refractivity contribution in [1.82, 2.24) is 14.9 Å². The smallest absolute Gasteiger partial charge is 0.244 e. The van der Waals surface area contributed by atoms with Crippen LogP contribution in [0.4, 0.5) is 5.95 Å². The number of nitrogens with zero attached hydrogens (tertiary/aromatic N) is 5. The van der Waals surface area contributed by atoms with Gasteiger partial charge in [0.25, 0.3) is 5.95 Å². The third-order valence-corrected chi connectivity index (χ3v) is 2.84. The summed E-state index contributed by atoms with van der Waals surface area (Å²) in [6.07, 6.45) is 4.95. The summed E-state index contributed by atoms with van der Waals surface area (Å²) < 4.78 is 1.52. The second-order valence-corrected chi connectivity index (χ2v) is 4.44. The maximum Gasteiger partial charge on any atom is 0.265 e. The Morgan fingerprint density at radius 2 is 1.50 bits per heavy atom. The molecule has 0 unspecified atom stereocenters. The van der Waals surface area contributed by atoms with E-state index in [0.29, 0.717) is 5.95 Å². The van der Waals surface area contributed by atoms with Gasteiger partial charge in [-0.3, -0.25) is 0 Å². The van der Waals surface area contributed by atoms with Crippen molar-refractivity contribution in [1.29, 1.82) is 0 Å². The lowest BCUT2D eigenvalue weighted by atomic mass is 10.2. The van der Waals surface area contributed by atoms with E-state index in [1.54, 1.807) is 12.4 Å². The van der Waals surface area contributed by atoms with Gasteiger partial charge in [0.15, 0.2) is 0 Å². The van der Waals surface area contributed by atoms with Crippen molar-refractivity contribution in [2.75, 3.05) is 5.43 Å². The third kappa shape index (κ3) is 3.63. The second-order valence-electron chi connectivity index (χ2n) is 4.44. The zero-order valence-electron chi connectivity index (χ0n) is 11.7. The molecule has 1 aromatic heterocycles. The highest BCUT2D eigenvalue weighted by atomic mass is 15.5. The molecule has 0 aliphatic rings. The molecule has 3 rings (SSSR count). The van der Waals surface area contributed by atoms with Gasteiger partial charge >= 0.3 is 0 Å². The van der Waals surface area contributed by atoms with Crippen molar-refractivity contribution in [2.24, 2.45) is 10.2 Å². The van der Waals surface area contributed by atoms with Gasteiger partial charge < -0.3 is 0 Å². The first kappa shape index (κ1) is 13.7. The topological polar surface area (TPSA) is 67.5 Å². The van der Waals surface area contributed by atoms with Gasteiger partial charge in [-0.05, 0) is 11.1 Å². The predicted molar refractivity (Wildman–Crippen MR) is 87.1 cm³/mol. The molecule has 0 amide bonds. The summed E-state index contributed by atoms with van der Waals surface area (Å²) >= 11 is 0. The number of hydrogen-bond acceptors (Lipinski definition) is 5. The molecule has 0 fully saturated rings. The van der Waals surface area contributed by atoms with Crippen LogP contribution in [-0.2, 0) is 0 Å². The molecule has 0 saturated carbocycles. The molecule has 0 bridgehead atoms. The minimum atomic E-state index is 0.444. The quantitative estimate of drug-likeness (QED) is 0.580. The molecule has 1 N–H and O–H groups in total. The molecular weight excluding hydrogens is 276 g/mol. The lowest BCUT2D eigenvalue weighted by Crippen LogP contribution is -1.99. The number of hydrazone groups is 1. The lowest BCUT2D eigenvalue weighted by molar-refractivity contribution is 0.879. The molecule has 0 atom stereocenters. The standard InChI is InChI=1S/C16H14N6/c1-3-7-14(8-4-1)11-17-20-16-21-18-13-22(16)19-12-15-9-5-2-6-10-15/h1-13H,(H,20,21)/b17-11+,19-12-. The molecule has 0 spiro atoms. The Balaban J connectivity index is 1.67. The fourth-order valence-electron chi connectivity index (χ4n) is 1.76. The fourth-order valence-corrected chi connectivity index (χ4v) is 1.76. The molecule has 0 aliphatic carbocycles. The summed E-state index contributed by atoms with van der Waals surface area (Å²) in [7, 11) is 0. The SMILES string of the molecule is C(=N/n1cnnc1N/N=C/c1ccccc1)/c1ccccc1. The normalized spacial score (nSPS) is 11.3. The Morgan fingerprint density at radius 1 is 0.864 bits per heavy atom. The van der Waals surface area contributed by atoms with Crippen LogP contribution in [0.25, 0.3) is 0 Å². The van der Waals surface area contributed by atoms with Crippen molar-refractivity contribution >= 4 is 18.4 Å².